The van der Waals surface area contributed by atoms with Gasteiger partial charge in [0.1, 0.15) is 12.2 Å². The quantitative estimate of drug-likeness (QED) is 0.905. The molecule has 0 amide bonds. The highest BCUT2D eigenvalue weighted by Gasteiger charge is 2.25. The van der Waals surface area contributed by atoms with Crippen molar-refractivity contribution in [3.05, 3.63) is 47.0 Å². The van der Waals surface area contributed by atoms with Crippen LogP contribution in [-0.4, -0.2) is 14.8 Å². The van der Waals surface area contributed by atoms with Crippen molar-refractivity contribution in [1.29, 1.82) is 0 Å². The van der Waals surface area contributed by atoms with Gasteiger partial charge < -0.3 is 5.73 Å². The van der Waals surface area contributed by atoms with Crippen LogP contribution in [0.1, 0.15) is 18.3 Å². The molecule has 0 saturated heterocycles. The van der Waals surface area contributed by atoms with E-state index in [0.29, 0.717) is 11.4 Å². The first-order chi connectivity index (χ1) is 8.00. The minimum Gasteiger partial charge on any atom is -0.321 e. The summed E-state index contributed by atoms with van der Waals surface area (Å²) in [6.07, 6.45) is 2.12. The van der Waals surface area contributed by atoms with Crippen molar-refractivity contribution in [2.45, 2.75) is 18.9 Å². The standard InChI is InChI=1S/C12H15ClN4/c1-12(14,7-11-15-8-16-17(11)2)9-5-3-4-6-10(9)13/h3-6,8H,7,14H2,1-2H3. The van der Waals surface area contributed by atoms with Crippen LogP contribution in [0, 0.1) is 0 Å². The number of halogens is 1. The lowest BCUT2D eigenvalue weighted by atomic mass is 9.89. The normalized spacial score (nSPS) is 14.6. The molecule has 1 aromatic heterocycles. The first kappa shape index (κ1) is 12.1. The Bertz CT molecular complexity index is 519. The Kier molecular flexibility index (Phi) is 3.17. The van der Waals surface area contributed by atoms with Gasteiger partial charge in [-0.3, -0.25) is 4.68 Å². The van der Waals surface area contributed by atoms with Crippen molar-refractivity contribution in [2.75, 3.05) is 0 Å². The fraction of sp³-hybridized carbons (Fsp3) is 0.333. The molecule has 0 radical (unpaired) electrons. The highest BCUT2D eigenvalue weighted by molar-refractivity contribution is 6.31. The van der Waals surface area contributed by atoms with Gasteiger partial charge in [0.15, 0.2) is 0 Å². The molecule has 1 atom stereocenters. The maximum absolute atomic E-state index is 6.33. The lowest BCUT2D eigenvalue weighted by molar-refractivity contribution is 0.465. The van der Waals surface area contributed by atoms with Crippen LogP contribution in [0.2, 0.25) is 5.02 Å². The molecule has 0 aliphatic carbocycles. The third-order valence-electron chi connectivity index (χ3n) is 2.82. The number of aryl methyl sites for hydroxylation is 1. The molecule has 90 valence electrons. The molecule has 0 spiro atoms. The number of nitrogens with two attached hydrogens (primary N) is 1. The molecule has 0 aliphatic rings. The number of aromatic nitrogens is 3. The minimum absolute atomic E-state index is 0.556. The fourth-order valence-electron chi connectivity index (χ4n) is 1.83. The zero-order chi connectivity index (χ0) is 12.5. The Morgan fingerprint density at radius 1 is 1.41 bits per heavy atom. The van der Waals surface area contributed by atoms with E-state index in [0.717, 1.165) is 11.4 Å². The first-order valence-electron chi connectivity index (χ1n) is 5.37. The molecule has 0 bridgehead atoms. The molecular formula is C12H15ClN4. The molecule has 0 fully saturated rings. The highest BCUT2D eigenvalue weighted by Crippen LogP contribution is 2.28. The van der Waals surface area contributed by atoms with Gasteiger partial charge in [-0.15, -0.1) is 0 Å². The molecule has 0 saturated carbocycles. The zero-order valence-corrected chi connectivity index (χ0v) is 10.6. The van der Waals surface area contributed by atoms with Gasteiger partial charge in [0, 0.05) is 24.0 Å². The van der Waals surface area contributed by atoms with E-state index < -0.39 is 5.54 Å². The number of rotatable bonds is 3. The average molecular weight is 251 g/mol. The van der Waals surface area contributed by atoms with Crippen molar-refractivity contribution in [1.82, 2.24) is 14.8 Å². The Morgan fingerprint density at radius 3 is 2.71 bits per heavy atom. The van der Waals surface area contributed by atoms with E-state index in [9.17, 15) is 0 Å². The number of nitrogens with zero attached hydrogens (tertiary/aromatic N) is 3. The SMILES string of the molecule is Cn1ncnc1CC(C)(N)c1ccccc1Cl. The van der Waals surface area contributed by atoms with Crippen molar-refractivity contribution in [2.24, 2.45) is 12.8 Å². The van der Waals surface area contributed by atoms with Crippen molar-refractivity contribution in [3.63, 3.8) is 0 Å². The molecule has 2 aromatic rings. The smallest absolute Gasteiger partial charge is 0.138 e. The monoisotopic (exact) mass is 250 g/mol. The summed E-state index contributed by atoms with van der Waals surface area (Å²) in [6, 6.07) is 7.62. The third kappa shape index (κ3) is 2.48. The van der Waals surface area contributed by atoms with Crippen LogP contribution in [0.25, 0.3) is 0 Å². The van der Waals surface area contributed by atoms with E-state index in [4.69, 9.17) is 17.3 Å². The largest absolute Gasteiger partial charge is 0.321 e. The second kappa shape index (κ2) is 4.47. The van der Waals surface area contributed by atoms with Crippen LogP contribution in [0.5, 0.6) is 0 Å². The van der Waals surface area contributed by atoms with E-state index in [1.807, 2.05) is 38.2 Å². The van der Waals surface area contributed by atoms with Gasteiger partial charge in [0.2, 0.25) is 0 Å². The summed E-state index contributed by atoms with van der Waals surface area (Å²) >= 11 is 6.17. The molecular weight excluding hydrogens is 236 g/mol. The summed E-state index contributed by atoms with van der Waals surface area (Å²) in [5, 5.41) is 4.71. The van der Waals surface area contributed by atoms with Crippen molar-refractivity contribution < 1.29 is 0 Å². The number of hydrogen-bond acceptors (Lipinski definition) is 3. The second-order valence-corrected chi connectivity index (χ2v) is 4.78. The molecule has 17 heavy (non-hydrogen) atoms. The number of benzene rings is 1. The van der Waals surface area contributed by atoms with Gasteiger partial charge in [-0.25, -0.2) is 4.98 Å². The summed E-state index contributed by atoms with van der Waals surface area (Å²) in [5.41, 5.74) is 6.70. The van der Waals surface area contributed by atoms with E-state index in [1.54, 1.807) is 4.68 Å². The first-order valence-corrected chi connectivity index (χ1v) is 5.75. The molecule has 1 heterocycles. The average Bonchev–Trinajstić information content (AvgIpc) is 2.64. The van der Waals surface area contributed by atoms with Crippen LogP contribution < -0.4 is 5.73 Å². The maximum atomic E-state index is 6.33. The van der Waals surface area contributed by atoms with E-state index >= 15 is 0 Å². The summed E-state index contributed by atoms with van der Waals surface area (Å²) in [5.74, 6) is 0.843. The highest BCUT2D eigenvalue weighted by atomic mass is 35.5. The van der Waals surface area contributed by atoms with Gasteiger partial charge >= 0.3 is 0 Å². The Hall–Kier alpha value is -1.39. The lowest BCUT2D eigenvalue weighted by Crippen LogP contribution is -2.36. The molecule has 1 unspecified atom stereocenters. The topological polar surface area (TPSA) is 56.7 Å². The molecule has 2 N–H and O–H groups in total. The summed E-state index contributed by atoms with van der Waals surface area (Å²) in [4.78, 5) is 4.18. The predicted molar refractivity (Wildman–Crippen MR) is 67.7 cm³/mol. The van der Waals surface area contributed by atoms with E-state index in [1.165, 1.54) is 6.33 Å². The van der Waals surface area contributed by atoms with Crippen molar-refractivity contribution >= 4 is 11.6 Å². The summed E-state index contributed by atoms with van der Waals surface area (Å²) < 4.78 is 1.72. The number of hydrogen-bond donors (Lipinski definition) is 1. The second-order valence-electron chi connectivity index (χ2n) is 4.37. The van der Waals surface area contributed by atoms with Gasteiger partial charge in [-0.1, -0.05) is 29.8 Å². The summed E-state index contributed by atoms with van der Waals surface area (Å²) in [7, 11) is 1.85. The molecule has 2 rings (SSSR count). The van der Waals surface area contributed by atoms with Gasteiger partial charge in [0.05, 0.1) is 0 Å². The van der Waals surface area contributed by atoms with E-state index in [-0.39, 0.29) is 0 Å². The Morgan fingerprint density at radius 2 is 2.12 bits per heavy atom. The van der Waals surface area contributed by atoms with Gasteiger partial charge in [-0.05, 0) is 18.6 Å². The van der Waals surface area contributed by atoms with Crippen LogP contribution in [0.3, 0.4) is 0 Å². The van der Waals surface area contributed by atoms with Gasteiger partial charge in [0.25, 0.3) is 0 Å². The van der Waals surface area contributed by atoms with Gasteiger partial charge in [-0.2, -0.15) is 5.10 Å². The van der Waals surface area contributed by atoms with Crippen LogP contribution in [0.4, 0.5) is 0 Å². The lowest BCUT2D eigenvalue weighted by Gasteiger charge is -2.25. The minimum atomic E-state index is -0.556. The predicted octanol–water partition coefficient (Wildman–Crippen LogP) is 1.89. The van der Waals surface area contributed by atoms with Crippen molar-refractivity contribution in [3.8, 4) is 0 Å². The summed E-state index contributed by atoms with van der Waals surface area (Å²) in [6.45, 7) is 1.95. The van der Waals surface area contributed by atoms with E-state index in [2.05, 4.69) is 10.1 Å². The molecule has 5 heteroatoms. The Balaban J connectivity index is 2.31. The van der Waals surface area contributed by atoms with Crippen LogP contribution in [0.15, 0.2) is 30.6 Å². The molecule has 1 aromatic carbocycles. The fourth-order valence-corrected chi connectivity index (χ4v) is 2.18. The third-order valence-corrected chi connectivity index (χ3v) is 3.15. The maximum Gasteiger partial charge on any atom is 0.138 e. The zero-order valence-electron chi connectivity index (χ0n) is 9.89. The molecule has 0 aliphatic heterocycles. The van der Waals surface area contributed by atoms with Crippen LogP contribution in [-0.2, 0) is 19.0 Å². The molecule has 4 nitrogen and oxygen atoms in total. The Labute approximate surface area is 105 Å². The van der Waals surface area contributed by atoms with Crippen LogP contribution >= 0.6 is 11.6 Å².